The zero-order chi connectivity index (χ0) is 9.84. The summed E-state index contributed by atoms with van der Waals surface area (Å²) < 4.78 is 12.6. The van der Waals surface area contributed by atoms with Crippen molar-refractivity contribution >= 4 is 17.4 Å². The molecule has 1 aromatic rings. The van der Waals surface area contributed by atoms with Crippen molar-refractivity contribution in [1.29, 1.82) is 5.26 Å². The number of benzene rings is 1. The molecular formula is C7H3FN2O2S. The molecule has 0 saturated carbocycles. The minimum atomic E-state index is -0.654. The molecule has 0 unspecified atom stereocenters. The lowest BCUT2D eigenvalue weighted by Gasteiger charge is -1.96. The number of halogens is 1. The van der Waals surface area contributed by atoms with Crippen molar-refractivity contribution in [3.8, 4) is 5.40 Å². The number of hydrogen-bond donors (Lipinski definition) is 0. The minimum Gasteiger partial charge on any atom is -0.258 e. The van der Waals surface area contributed by atoms with E-state index in [0.717, 1.165) is 18.2 Å². The Kier molecular flexibility index (Phi) is 2.82. The van der Waals surface area contributed by atoms with Crippen LogP contribution >= 0.6 is 11.8 Å². The summed E-state index contributed by atoms with van der Waals surface area (Å²) in [6.45, 7) is 0. The highest BCUT2D eigenvalue weighted by Gasteiger charge is 2.14. The van der Waals surface area contributed by atoms with Gasteiger partial charge in [0.05, 0.1) is 4.92 Å². The van der Waals surface area contributed by atoms with Crippen LogP contribution in [-0.2, 0) is 0 Å². The van der Waals surface area contributed by atoms with Crippen molar-refractivity contribution in [2.24, 2.45) is 0 Å². The number of nitro groups is 1. The summed E-state index contributed by atoms with van der Waals surface area (Å²) in [5, 5.41) is 20.3. The van der Waals surface area contributed by atoms with Gasteiger partial charge in [-0.25, -0.2) is 4.39 Å². The van der Waals surface area contributed by atoms with Crippen molar-refractivity contribution < 1.29 is 9.31 Å². The second-order valence-electron chi connectivity index (χ2n) is 2.06. The summed E-state index contributed by atoms with van der Waals surface area (Å²) >= 11 is 0.568. The van der Waals surface area contributed by atoms with Gasteiger partial charge in [0.25, 0.3) is 5.69 Å². The average molecular weight is 198 g/mol. The predicted octanol–water partition coefficient (Wildman–Crippen LogP) is 2.31. The molecule has 0 fully saturated rings. The van der Waals surface area contributed by atoms with Crippen molar-refractivity contribution in [2.45, 2.75) is 4.90 Å². The quantitative estimate of drug-likeness (QED) is 0.316. The number of hydrogen-bond acceptors (Lipinski definition) is 4. The van der Waals surface area contributed by atoms with E-state index in [2.05, 4.69) is 0 Å². The van der Waals surface area contributed by atoms with E-state index in [1.807, 2.05) is 0 Å². The first-order chi connectivity index (χ1) is 6.15. The first kappa shape index (κ1) is 9.48. The number of nitrogens with zero attached hydrogens (tertiary/aromatic N) is 2. The molecule has 0 N–H and O–H groups in total. The molecule has 0 aromatic heterocycles. The van der Waals surface area contributed by atoms with Crippen LogP contribution < -0.4 is 0 Å². The fraction of sp³-hybridized carbons (Fsp3) is 0. The second kappa shape index (κ2) is 3.87. The molecule has 6 heteroatoms. The van der Waals surface area contributed by atoms with Gasteiger partial charge in [-0.15, -0.1) is 0 Å². The van der Waals surface area contributed by atoms with Crippen molar-refractivity contribution in [3.63, 3.8) is 0 Å². The molecule has 1 rings (SSSR count). The van der Waals surface area contributed by atoms with E-state index in [1.165, 1.54) is 0 Å². The SMILES string of the molecule is N#CSc1cc(F)ccc1[N+](=O)[O-]. The fourth-order valence-electron chi connectivity index (χ4n) is 0.770. The highest BCUT2D eigenvalue weighted by Crippen LogP contribution is 2.28. The van der Waals surface area contributed by atoms with Gasteiger partial charge in [0.2, 0.25) is 0 Å². The number of thioether (sulfide) groups is 1. The zero-order valence-electron chi connectivity index (χ0n) is 6.23. The Bertz CT molecular complexity index is 389. The van der Waals surface area contributed by atoms with Crippen LogP contribution in [0.3, 0.4) is 0 Å². The Labute approximate surface area is 77.1 Å². The van der Waals surface area contributed by atoms with Crippen LogP contribution in [0.15, 0.2) is 23.1 Å². The Morgan fingerprint density at radius 1 is 1.62 bits per heavy atom. The van der Waals surface area contributed by atoms with E-state index in [1.54, 1.807) is 5.40 Å². The Morgan fingerprint density at radius 2 is 2.31 bits per heavy atom. The molecule has 13 heavy (non-hydrogen) atoms. The predicted molar refractivity (Wildman–Crippen MR) is 44.5 cm³/mol. The van der Waals surface area contributed by atoms with Gasteiger partial charge >= 0.3 is 0 Å². The molecule has 0 radical (unpaired) electrons. The number of nitro benzene ring substituents is 1. The maximum absolute atomic E-state index is 12.6. The molecule has 0 spiro atoms. The molecule has 0 aliphatic carbocycles. The van der Waals surface area contributed by atoms with Gasteiger partial charge in [-0.3, -0.25) is 10.1 Å². The normalized spacial score (nSPS) is 9.23. The van der Waals surface area contributed by atoms with Crippen LogP contribution in [0.5, 0.6) is 0 Å². The van der Waals surface area contributed by atoms with Crippen LogP contribution in [0.2, 0.25) is 0 Å². The lowest BCUT2D eigenvalue weighted by molar-refractivity contribution is -0.387. The Balaban J connectivity index is 3.20. The largest absolute Gasteiger partial charge is 0.284 e. The molecule has 0 aliphatic rings. The summed E-state index contributed by atoms with van der Waals surface area (Å²) in [6.07, 6.45) is 0. The maximum atomic E-state index is 12.6. The molecule has 0 aliphatic heterocycles. The lowest BCUT2D eigenvalue weighted by Crippen LogP contribution is -1.90. The van der Waals surface area contributed by atoms with Gasteiger partial charge in [0, 0.05) is 6.07 Å². The minimum absolute atomic E-state index is 0.0208. The number of nitriles is 1. The smallest absolute Gasteiger partial charge is 0.258 e. The highest BCUT2D eigenvalue weighted by molar-refractivity contribution is 8.03. The summed E-state index contributed by atoms with van der Waals surface area (Å²) in [4.78, 5) is 9.74. The van der Waals surface area contributed by atoms with Crippen molar-refractivity contribution in [1.82, 2.24) is 0 Å². The van der Waals surface area contributed by atoms with Gasteiger partial charge in [-0.05, 0) is 23.9 Å². The molecule has 0 heterocycles. The molecule has 0 amide bonds. The van der Waals surface area contributed by atoms with E-state index >= 15 is 0 Å². The number of rotatable bonds is 2. The molecular weight excluding hydrogens is 195 g/mol. The molecule has 1 aromatic carbocycles. The Hall–Kier alpha value is -1.61. The topological polar surface area (TPSA) is 66.9 Å². The summed E-state index contributed by atoms with van der Waals surface area (Å²) in [5.74, 6) is -0.594. The molecule has 66 valence electrons. The first-order valence-electron chi connectivity index (χ1n) is 3.15. The van der Waals surface area contributed by atoms with Gasteiger partial charge in [-0.1, -0.05) is 0 Å². The van der Waals surface area contributed by atoms with Gasteiger partial charge in [0.1, 0.15) is 16.1 Å². The lowest BCUT2D eigenvalue weighted by atomic mass is 10.3. The van der Waals surface area contributed by atoms with E-state index in [0.29, 0.717) is 11.8 Å². The fourth-order valence-corrected chi connectivity index (χ4v) is 1.29. The summed E-state index contributed by atoms with van der Waals surface area (Å²) in [5.41, 5.74) is -0.257. The van der Waals surface area contributed by atoms with Crippen molar-refractivity contribution in [2.75, 3.05) is 0 Å². The summed E-state index contributed by atoms with van der Waals surface area (Å²) in [6, 6.07) is 2.99. The molecule has 4 nitrogen and oxygen atoms in total. The van der Waals surface area contributed by atoms with E-state index in [-0.39, 0.29) is 10.6 Å². The van der Waals surface area contributed by atoms with Crippen LogP contribution in [-0.4, -0.2) is 4.92 Å². The standard InChI is InChI=1S/C7H3FN2O2S/c8-5-1-2-6(10(11)12)7(3-5)13-4-9/h1-3H. The summed E-state index contributed by atoms with van der Waals surface area (Å²) in [7, 11) is 0. The third-order valence-electron chi connectivity index (χ3n) is 1.27. The van der Waals surface area contributed by atoms with Crippen LogP contribution in [0, 0.1) is 26.6 Å². The van der Waals surface area contributed by atoms with Gasteiger partial charge in [-0.2, -0.15) is 5.26 Å². The van der Waals surface area contributed by atoms with E-state index in [4.69, 9.17) is 5.26 Å². The molecule has 0 atom stereocenters. The van der Waals surface area contributed by atoms with Crippen molar-refractivity contribution in [3.05, 3.63) is 34.1 Å². The monoisotopic (exact) mass is 198 g/mol. The average Bonchev–Trinajstić information content (AvgIpc) is 2.04. The highest BCUT2D eigenvalue weighted by atomic mass is 32.2. The van der Waals surface area contributed by atoms with Gasteiger partial charge < -0.3 is 0 Å². The third-order valence-corrected chi connectivity index (χ3v) is 1.91. The van der Waals surface area contributed by atoms with Gasteiger partial charge in [0.15, 0.2) is 0 Å². The van der Waals surface area contributed by atoms with E-state index < -0.39 is 10.7 Å². The first-order valence-corrected chi connectivity index (χ1v) is 3.96. The zero-order valence-corrected chi connectivity index (χ0v) is 7.05. The number of thiocyanates is 1. The Morgan fingerprint density at radius 3 is 2.85 bits per heavy atom. The maximum Gasteiger partial charge on any atom is 0.284 e. The molecule has 0 saturated heterocycles. The second-order valence-corrected chi connectivity index (χ2v) is 2.89. The molecule has 0 bridgehead atoms. The van der Waals surface area contributed by atoms with E-state index in [9.17, 15) is 14.5 Å². The van der Waals surface area contributed by atoms with Crippen LogP contribution in [0.1, 0.15) is 0 Å². The third kappa shape index (κ3) is 2.16. The van der Waals surface area contributed by atoms with Crippen LogP contribution in [0.4, 0.5) is 10.1 Å². The van der Waals surface area contributed by atoms with Crippen LogP contribution in [0.25, 0.3) is 0 Å².